The molecule has 0 fully saturated rings. The van der Waals surface area contributed by atoms with Crippen LogP contribution in [0.2, 0.25) is 0 Å². The number of hydrogen-bond acceptors (Lipinski definition) is 4. The standard InChI is InChI=1S/C11H16O4/c1-14-10(12)7-8-4-3-5-9(6-8)11(13)15-2/h3-4,8-9H,5-7H2,1-2H3. The Labute approximate surface area is 89.2 Å². The van der Waals surface area contributed by atoms with Gasteiger partial charge in [-0.05, 0) is 18.8 Å². The van der Waals surface area contributed by atoms with Crippen LogP contribution in [0.15, 0.2) is 12.2 Å². The smallest absolute Gasteiger partial charge is 0.308 e. The molecule has 0 aliphatic heterocycles. The fraction of sp³-hybridized carbons (Fsp3) is 0.636. The first-order valence-corrected chi connectivity index (χ1v) is 4.98. The Morgan fingerprint density at radius 2 is 2.07 bits per heavy atom. The molecule has 0 bridgehead atoms. The molecule has 1 aliphatic rings. The Hall–Kier alpha value is -1.32. The lowest BCUT2D eigenvalue weighted by molar-refractivity contribution is -0.147. The van der Waals surface area contributed by atoms with Crippen molar-refractivity contribution in [2.24, 2.45) is 11.8 Å². The minimum absolute atomic E-state index is 0.0929. The van der Waals surface area contributed by atoms with E-state index in [9.17, 15) is 9.59 Å². The first-order chi connectivity index (χ1) is 7.17. The molecular formula is C11H16O4. The zero-order valence-corrected chi connectivity index (χ0v) is 9.06. The van der Waals surface area contributed by atoms with E-state index in [1.165, 1.54) is 14.2 Å². The molecule has 2 atom stereocenters. The third-order valence-corrected chi connectivity index (χ3v) is 2.61. The second-order valence-electron chi connectivity index (χ2n) is 3.66. The van der Waals surface area contributed by atoms with Gasteiger partial charge >= 0.3 is 11.9 Å². The van der Waals surface area contributed by atoms with Gasteiger partial charge in [-0.2, -0.15) is 0 Å². The van der Waals surface area contributed by atoms with E-state index in [1.807, 2.05) is 12.2 Å². The zero-order chi connectivity index (χ0) is 11.3. The predicted molar refractivity (Wildman–Crippen MR) is 54.0 cm³/mol. The van der Waals surface area contributed by atoms with Gasteiger partial charge in [-0.1, -0.05) is 12.2 Å². The van der Waals surface area contributed by atoms with Crippen LogP contribution in [0, 0.1) is 11.8 Å². The molecule has 84 valence electrons. The van der Waals surface area contributed by atoms with Crippen LogP contribution in [0.4, 0.5) is 0 Å². The second-order valence-corrected chi connectivity index (χ2v) is 3.66. The number of carbonyl (C=O) groups excluding carboxylic acids is 2. The lowest BCUT2D eigenvalue weighted by atomic mass is 9.85. The molecule has 0 saturated carbocycles. The quantitative estimate of drug-likeness (QED) is 0.522. The van der Waals surface area contributed by atoms with Crippen molar-refractivity contribution in [3.8, 4) is 0 Å². The Bertz CT molecular complexity index is 270. The molecule has 0 aromatic carbocycles. The number of esters is 2. The summed E-state index contributed by atoms with van der Waals surface area (Å²) in [7, 11) is 2.75. The van der Waals surface area contributed by atoms with Gasteiger partial charge in [0.05, 0.1) is 26.6 Å². The van der Waals surface area contributed by atoms with E-state index in [2.05, 4.69) is 9.47 Å². The maximum absolute atomic E-state index is 11.3. The summed E-state index contributed by atoms with van der Waals surface area (Å²) in [6, 6.07) is 0. The molecule has 4 heteroatoms. The van der Waals surface area contributed by atoms with Crippen molar-refractivity contribution in [3.05, 3.63) is 12.2 Å². The van der Waals surface area contributed by atoms with Gasteiger partial charge in [0.1, 0.15) is 0 Å². The SMILES string of the molecule is COC(=O)CC1C=CCC(C(=O)OC)C1. The van der Waals surface area contributed by atoms with Gasteiger partial charge in [-0.25, -0.2) is 0 Å². The lowest BCUT2D eigenvalue weighted by Crippen LogP contribution is -2.22. The molecule has 0 aromatic heterocycles. The third kappa shape index (κ3) is 3.38. The molecular weight excluding hydrogens is 196 g/mol. The largest absolute Gasteiger partial charge is 0.469 e. The molecule has 2 unspecified atom stereocenters. The molecule has 15 heavy (non-hydrogen) atoms. The Balaban J connectivity index is 2.49. The maximum atomic E-state index is 11.3. The van der Waals surface area contributed by atoms with Crippen molar-refractivity contribution in [1.29, 1.82) is 0 Å². The number of hydrogen-bond donors (Lipinski definition) is 0. The monoisotopic (exact) mass is 212 g/mol. The Kier molecular flexibility index (Phi) is 4.34. The molecule has 0 radical (unpaired) electrons. The summed E-state index contributed by atoms with van der Waals surface area (Å²) < 4.78 is 9.27. The van der Waals surface area contributed by atoms with Gasteiger partial charge in [0.2, 0.25) is 0 Å². The lowest BCUT2D eigenvalue weighted by Gasteiger charge is -2.21. The van der Waals surface area contributed by atoms with E-state index >= 15 is 0 Å². The highest BCUT2D eigenvalue weighted by Crippen LogP contribution is 2.26. The van der Waals surface area contributed by atoms with Crippen molar-refractivity contribution in [1.82, 2.24) is 0 Å². The molecule has 0 aromatic rings. The summed E-state index contributed by atoms with van der Waals surface area (Å²) in [5, 5.41) is 0. The fourth-order valence-electron chi connectivity index (χ4n) is 1.78. The number of methoxy groups -OCH3 is 2. The summed E-state index contributed by atoms with van der Waals surface area (Å²) in [6.45, 7) is 0. The summed E-state index contributed by atoms with van der Waals surface area (Å²) >= 11 is 0. The van der Waals surface area contributed by atoms with Crippen LogP contribution in [0.1, 0.15) is 19.3 Å². The van der Waals surface area contributed by atoms with E-state index in [-0.39, 0.29) is 23.8 Å². The highest BCUT2D eigenvalue weighted by molar-refractivity contribution is 5.73. The van der Waals surface area contributed by atoms with E-state index in [0.717, 1.165) is 0 Å². The molecule has 0 amide bonds. The maximum Gasteiger partial charge on any atom is 0.308 e. The molecule has 4 nitrogen and oxygen atoms in total. The van der Waals surface area contributed by atoms with Crippen LogP contribution in [-0.2, 0) is 19.1 Å². The van der Waals surface area contributed by atoms with Gasteiger partial charge in [0.15, 0.2) is 0 Å². The van der Waals surface area contributed by atoms with Crippen molar-refractivity contribution in [2.45, 2.75) is 19.3 Å². The average Bonchev–Trinajstić information content (AvgIpc) is 2.28. The zero-order valence-electron chi connectivity index (χ0n) is 9.06. The van der Waals surface area contributed by atoms with Crippen molar-refractivity contribution < 1.29 is 19.1 Å². The minimum Gasteiger partial charge on any atom is -0.469 e. The van der Waals surface area contributed by atoms with Gasteiger partial charge in [-0.3, -0.25) is 9.59 Å². The highest BCUT2D eigenvalue weighted by Gasteiger charge is 2.26. The fourth-order valence-corrected chi connectivity index (χ4v) is 1.78. The van der Waals surface area contributed by atoms with Crippen molar-refractivity contribution in [2.75, 3.05) is 14.2 Å². The van der Waals surface area contributed by atoms with Crippen molar-refractivity contribution in [3.63, 3.8) is 0 Å². The van der Waals surface area contributed by atoms with Crippen LogP contribution >= 0.6 is 0 Å². The summed E-state index contributed by atoms with van der Waals surface area (Å²) in [4.78, 5) is 22.3. The summed E-state index contributed by atoms with van der Waals surface area (Å²) in [5.74, 6) is -0.464. The van der Waals surface area contributed by atoms with Crippen LogP contribution in [0.25, 0.3) is 0 Å². The normalized spacial score (nSPS) is 24.7. The van der Waals surface area contributed by atoms with Crippen LogP contribution in [0.3, 0.4) is 0 Å². The molecule has 0 heterocycles. The van der Waals surface area contributed by atoms with Crippen LogP contribution in [-0.4, -0.2) is 26.2 Å². The van der Waals surface area contributed by atoms with E-state index in [0.29, 0.717) is 19.3 Å². The van der Waals surface area contributed by atoms with Gasteiger partial charge in [0.25, 0.3) is 0 Å². The summed E-state index contributed by atoms with van der Waals surface area (Å²) in [6.07, 6.45) is 5.60. The Morgan fingerprint density at radius 1 is 1.33 bits per heavy atom. The minimum atomic E-state index is -0.241. The highest BCUT2D eigenvalue weighted by atomic mass is 16.5. The first-order valence-electron chi connectivity index (χ1n) is 4.98. The second kappa shape index (κ2) is 5.53. The van der Waals surface area contributed by atoms with Gasteiger partial charge < -0.3 is 9.47 Å². The van der Waals surface area contributed by atoms with Gasteiger partial charge in [0, 0.05) is 0 Å². The molecule has 0 spiro atoms. The number of allylic oxidation sites excluding steroid dienone is 2. The summed E-state index contributed by atoms with van der Waals surface area (Å²) in [5.41, 5.74) is 0. The number of ether oxygens (including phenoxy) is 2. The van der Waals surface area contributed by atoms with E-state index in [4.69, 9.17) is 0 Å². The third-order valence-electron chi connectivity index (χ3n) is 2.61. The van der Waals surface area contributed by atoms with Gasteiger partial charge in [-0.15, -0.1) is 0 Å². The van der Waals surface area contributed by atoms with E-state index < -0.39 is 0 Å². The Morgan fingerprint density at radius 3 is 2.67 bits per heavy atom. The van der Waals surface area contributed by atoms with Crippen molar-refractivity contribution >= 4 is 11.9 Å². The number of carbonyl (C=O) groups is 2. The first kappa shape index (κ1) is 11.8. The molecule has 1 aliphatic carbocycles. The molecule has 0 N–H and O–H groups in total. The average molecular weight is 212 g/mol. The predicted octanol–water partition coefficient (Wildman–Crippen LogP) is 1.30. The van der Waals surface area contributed by atoms with E-state index in [1.54, 1.807) is 0 Å². The van der Waals surface area contributed by atoms with Crippen LogP contribution < -0.4 is 0 Å². The number of rotatable bonds is 3. The topological polar surface area (TPSA) is 52.6 Å². The van der Waals surface area contributed by atoms with Crippen LogP contribution in [0.5, 0.6) is 0 Å². The molecule has 1 rings (SSSR count). The molecule has 0 saturated heterocycles.